The average Bonchev–Trinajstić information content (AvgIpc) is 3.21. The molecule has 0 bridgehead atoms. The Morgan fingerprint density at radius 1 is 1.41 bits per heavy atom. The van der Waals surface area contributed by atoms with Gasteiger partial charge in [-0.2, -0.15) is 9.78 Å². The normalized spacial score (nSPS) is 12.6. The van der Waals surface area contributed by atoms with Crippen LogP contribution in [0.25, 0.3) is 5.82 Å². The molecule has 1 atom stereocenters. The number of nitrogens with zero attached hydrogens (tertiary/aromatic N) is 6. The second-order valence-electron chi connectivity index (χ2n) is 5.51. The highest BCUT2D eigenvalue weighted by Gasteiger charge is 2.22. The van der Waals surface area contributed by atoms with Gasteiger partial charge in [0.2, 0.25) is 11.6 Å². The van der Waals surface area contributed by atoms with Crippen LogP contribution in [0.2, 0.25) is 10.0 Å². The Morgan fingerprint density at radius 3 is 2.89 bits per heavy atom. The molecule has 0 aliphatic carbocycles. The summed E-state index contributed by atoms with van der Waals surface area (Å²) in [5, 5.41) is 20.8. The summed E-state index contributed by atoms with van der Waals surface area (Å²) in [4.78, 5) is 0. The van der Waals surface area contributed by atoms with E-state index in [-0.39, 0.29) is 17.7 Å². The molecule has 0 amide bonds. The van der Waals surface area contributed by atoms with Crippen molar-refractivity contribution in [3.8, 4) is 5.82 Å². The molecule has 3 N–H and O–H groups in total. The number of nitrogen functional groups attached to an aromatic ring is 1. The van der Waals surface area contributed by atoms with Crippen LogP contribution in [0.4, 0.5) is 5.82 Å². The Hall–Kier alpha value is -2.69. The predicted octanol–water partition coefficient (Wildman–Crippen LogP) is 2.16. The quantitative estimate of drug-likeness (QED) is 0.447. The Labute approximate surface area is 164 Å². The van der Waals surface area contributed by atoms with Crippen molar-refractivity contribution in [2.75, 3.05) is 19.5 Å². The van der Waals surface area contributed by atoms with Crippen molar-refractivity contribution in [2.24, 2.45) is 5.10 Å². The Morgan fingerprint density at radius 2 is 2.22 bits per heavy atom. The fourth-order valence-corrected chi connectivity index (χ4v) is 2.81. The van der Waals surface area contributed by atoms with Crippen molar-refractivity contribution in [3.63, 3.8) is 0 Å². The van der Waals surface area contributed by atoms with Crippen molar-refractivity contribution >= 4 is 35.2 Å². The zero-order valence-electron chi connectivity index (χ0n) is 14.4. The summed E-state index contributed by atoms with van der Waals surface area (Å²) in [6.45, 7) is 2.12. The van der Waals surface area contributed by atoms with Crippen LogP contribution < -0.4 is 11.2 Å². The monoisotopic (exact) mass is 410 g/mol. The van der Waals surface area contributed by atoms with Crippen molar-refractivity contribution in [2.45, 2.75) is 13.0 Å². The van der Waals surface area contributed by atoms with E-state index in [1.807, 2.05) is 6.92 Å². The predicted molar refractivity (Wildman–Crippen MR) is 100 cm³/mol. The van der Waals surface area contributed by atoms with Crippen molar-refractivity contribution in [1.29, 1.82) is 0 Å². The molecule has 12 heteroatoms. The first kappa shape index (κ1) is 19.1. The largest absolute Gasteiger partial charge is 0.382 e. The number of nitrogens with two attached hydrogens (primary N) is 1. The highest BCUT2D eigenvalue weighted by molar-refractivity contribution is 6.36. The summed E-state index contributed by atoms with van der Waals surface area (Å²) < 4.78 is 11.3. The van der Waals surface area contributed by atoms with E-state index < -0.39 is 0 Å². The molecule has 1 aromatic carbocycles. The van der Waals surface area contributed by atoms with Gasteiger partial charge in [-0.25, -0.2) is 4.63 Å². The standard InChI is InChI=1S/C15H16Cl2N8O2/c1-8-13(21-24-25(8)15-14(18)22-27-23-15)12(7-26-2)20-19-6-9-3-4-10(16)5-11(9)17/h3-6,12,20H,7H2,1-2H3,(H2,18,22)/b19-6-/t12-/m0/s1. The minimum Gasteiger partial charge on any atom is -0.382 e. The molecule has 142 valence electrons. The van der Waals surface area contributed by atoms with Gasteiger partial charge in [-0.1, -0.05) is 34.5 Å². The molecule has 3 aromatic rings. The number of methoxy groups -OCH3 is 1. The summed E-state index contributed by atoms with van der Waals surface area (Å²) in [5.41, 5.74) is 10.7. The van der Waals surface area contributed by atoms with E-state index in [1.165, 1.54) is 4.68 Å². The fourth-order valence-electron chi connectivity index (χ4n) is 2.35. The zero-order chi connectivity index (χ0) is 19.4. The summed E-state index contributed by atoms with van der Waals surface area (Å²) in [6.07, 6.45) is 1.58. The lowest BCUT2D eigenvalue weighted by Crippen LogP contribution is -2.22. The lowest BCUT2D eigenvalue weighted by Gasteiger charge is -2.14. The number of aromatic nitrogens is 5. The maximum absolute atomic E-state index is 6.14. The Balaban J connectivity index is 1.81. The molecule has 2 heterocycles. The Bertz CT molecular complexity index is 955. The summed E-state index contributed by atoms with van der Waals surface area (Å²) in [6, 6.07) is 4.77. The van der Waals surface area contributed by atoms with E-state index in [4.69, 9.17) is 33.7 Å². The van der Waals surface area contributed by atoms with Gasteiger partial charge >= 0.3 is 0 Å². The van der Waals surface area contributed by atoms with Crippen LogP contribution in [-0.2, 0) is 4.74 Å². The third-order valence-corrected chi connectivity index (χ3v) is 4.25. The van der Waals surface area contributed by atoms with E-state index in [0.717, 1.165) is 0 Å². The maximum atomic E-state index is 6.14. The maximum Gasteiger partial charge on any atom is 0.243 e. The molecule has 27 heavy (non-hydrogen) atoms. The number of nitrogens with one attached hydrogen (secondary N) is 1. The average molecular weight is 411 g/mol. The fraction of sp³-hybridized carbons (Fsp3) is 0.267. The lowest BCUT2D eigenvalue weighted by atomic mass is 10.2. The molecular formula is C15H16Cl2N8O2. The highest BCUT2D eigenvalue weighted by atomic mass is 35.5. The number of hydrazone groups is 1. The summed E-state index contributed by atoms with van der Waals surface area (Å²) in [7, 11) is 1.58. The molecule has 0 spiro atoms. The first-order chi connectivity index (χ1) is 13.0. The lowest BCUT2D eigenvalue weighted by molar-refractivity contribution is 0.166. The van der Waals surface area contributed by atoms with Crippen LogP contribution in [0.3, 0.4) is 0 Å². The van der Waals surface area contributed by atoms with Crippen molar-refractivity contribution in [1.82, 2.24) is 30.7 Å². The van der Waals surface area contributed by atoms with Gasteiger partial charge < -0.3 is 10.5 Å². The van der Waals surface area contributed by atoms with Crippen LogP contribution in [0.5, 0.6) is 0 Å². The van der Waals surface area contributed by atoms with E-state index in [1.54, 1.807) is 31.5 Å². The second-order valence-corrected chi connectivity index (χ2v) is 6.35. The van der Waals surface area contributed by atoms with E-state index in [0.29, 0.717) is 33.6 Å². The van der Waals surface area contributed by atoms with Gasteiger partial charge in [0.25, 0.3) is 0 Å². The van der Waals surface area contributed by atoms with E-state index in [9.17, 15) is 0 Å². The van der Waals surface area contributed by atoms with Crippen LogP contribution in [0.1, 0.15) is 23.0 Å². The molecule has 0 saturated heterocycles. The number of hydrogen-bond donors (Lipinski definition) is 2. The number of hydrogen-bond acceptors (Lipinski definition) is 9. The molecule has 0 saturated carbocycles. The van der Waals surface area contributed by atoms with E-state index >= 15 is 0 Å². The molecule has 0 unspecified atom stereocenters. The number of halogens is 2. The number of benzene rings is 1. The zero-order valence-corrected chi connectivity index (χ0v) is 15.9. The molecule has 0 fully saturated rings. The summed E-state index contributed by atoms with van der Waals surface area (Å²) >= 11 is 12.0. The van der Waals surface area contributed by atoms with Gasteiger partial charge in [0.15, 0.2) is 0 Å². The molecule has 10 nitrogen and oxygen atoms in total. The molecule has 0 aliphatic rings. The second kappa shape index (κ2) is 8.33. The van der Waals surface area contributed by atoms with Gasteiger partial charge in [-0.05, 0) is 29.4 Å². The van der Waals surface area contributed by atoms with E-state index in [2.05, 4.69) is 35.8 Å². The van der Waals surface area contributed by atoms with Gasteiger partial charge in [-0.15, -0.1) is 5.10 Å². The Kier molecular flexibility index (Phi) is 5.89. The minimum atomic E-state index is -0.368. The first-order valence-electron chi connectivity index (χ1n) is 7.74. The van der Waals surface area contributed by atoms with Crippen LogP contribution in [0.15, 0.2) is 27.9 Å². The molecule has 2 aromatic heterocycles. The third-order valence-electron chi connectivity index (χ3n) is 3.69. The molecule has 3 rings (SSSR count). The highest BCUT2D eigenvalue weighted by Crippen LogP contribution is 2.21. The minimum absolute atomic E-state index is 0.112. The van der Waals surface area contributed by atoms with Crippen LogP contribution in [-0.4, -0.2) is 45.2 Å². The first-order valence-corrected chi connectivity index (χ1v) is 8.50. The number of anilines is 1. The smallest absolute Gasteiger partial charge is 0.243 e. The van der Waals surface area contributed by atoms with Gasteiger partial charge in [-0.3, -0.25) is 5.43 Å². The molecular weight excluding hydrogens is 395 g/mol. The van der Waals surface area contributed by atoms with Crippen molar-refractivity contribution in [3.05, 3.63) is 45.2 Å². The van der Waals surface area contributed by atoms with Gasteiger partial charge in [0.05, 0.1) is 23.5 Å². The number of ether oxygens (including phenoxy) is 1. The molecule has 0 radical (unpaired) electrons. The van der Waals surface area contributed by atoms with Gasteiger partial charge in [0, 0.05) is 17.7 Å². The van der Waals surface area contributed by atoms with Gasteiger partial charge in [0.1, 0.15) is 11.7 Å². The van der Waals surface area contributed by atoms with Crippen LogP contribution in [0, 0.1) is 6.92 Å². The number of rotatable bonds is 7. The summed E-state index contributed by atoms with van der Waals surface area (Å²) in [5.74, 6) is 0.375. The third kappa shape index (κ3) is 4.18. The molecule has 0 aliphatic heterocycles. The van der Waals surface area contributed by atoms with Crippen LogP contribution >= 0.6 is 23.2 Å². The van der Waals surface area contributed by atoms with Crippen molar-refractivity contribution < 1.29 is 9.37 Å². The SMILES string of the molecule is COC[C@H](N/N=C\c1ccc(Cl)cc1Cl)c1nnn(-c2nonc2N)c1C. The topological polar surface area (TPSA) is 129 Å².